The van der Waals surface area contributed by atoms with Gasteiger partial charge in [-0.3, -0.25) is 0 Å². The van der Waals surface area contributed by atoms with Crippen LogP contribution in [0.4, 0.5) is 17.6 Å². The molecule has 0 aliphatic carbocycles. The van der Waals surface area contributed by atoms with Gasteiger partial charge in [-0.2, -0.15) is 13.2 Å². The van der Waals surface area contributed by atoms with Gasteiger partial charge in [0.1, 0.15) is 11.6 Å². The van der Waals surface area contributed by atoms with Crippen LogP contribution in [0.5, 0.6) is 5.75 Å². The standard InChI is InChI=1S/C18H19F4N3O.HI/c1-2-23-17(24-10-12-3-7-15(26)8-4-12)25-11-13-5-6-14(19)9-16(13)18(20,21)22;/h3-9,26H,2,10-11H2,1H3,(H2,23,24,25);1H. The van der Waals surface area contributed by atoms with Gasteiger partial charge in [-0.15, -0.1) is 24.0 Å². The van der Waals surface area contributed by atoms with E-state index in [1.54, 1.807) is 12.1 Å². The zero-order valence-corrected chi connectivity index (χ0v) is 16.8. The van der Waals surface area contributed by atoms with Gasteiger partial charge in [-0.25, -0.2) is 9.38 Å². The molecule has 0 amide bonds. The molecule has 0 heterocycles. The van der Waals surface area contributed by atoms with Gasteiger partial charge in [0.25, 0.3) is 0 Å². The van der Waals surface area contributed by atoms with Crippen LogP contribution in [0.25, 0.3) is 0 Å². The summed E-state index contributed by atoms with van der Waals surface area (Å²) in [6.07, 6.45) is -4.64. The number of aliphatic imine (C=N–C) groups is 1. The molecule has 2 rings (SSSR count). The van der Waals surface area contributed by atoms with E-state index in [9.17, 15) is 22.7 Å². The van der Waals surface area contributed by atoms with Crippen LogP contribution >= 0.6 is 24.0 Å². The Morgan fingerprint density at radius 3 is 2.33 bits per heavy atom. The minimum Gasteiger partial charge on any atom is -0.508 e. The average Bonchev–Trinajstić information content (AvgIpc) is 2.58. The average molecular weight is 497 g/mol. The quantitative estimate of drug-likeness (QED) is 0.248. The van der Waals surface area contributed by atoms with E-state index in [1.165, 1.54) is 12.1 Å². The first-order chi connectivity index (χ1) is 12.3. The van der Waals surface area contributed by atoms with Crippen molar-refractivity contribution >= 4 is 29.9 Å². The fourth-order valence-corrected chi connectivity index (χ4v) is 2.26. The lowest BCUT2D eigenvalue weighted by molar-refractivity contribution is -0.138. The molecule has 0 aliphatic rings. The molecular formula is C18H20F4IN3O. The van der Waals surface area contributed by atoms with E-state index in [4.69, 9.17) is 0 Å². The first-order valence-corrected chi connectivity index (χ1v) is 7.95. The molecule has 2 aromatic rings. The summed E-state index contributed by atoms with van der Waals surface area (Å²) in [4.78, 5) is 4.30. The van der Waals surface area contributed by atoms with Crippen molar-refractivity contribution in [2.45, 2.75) is 26.2 Å². The Kier molecular flexibility index (Phi) is 8.80. The number of phenols is 1. The van der Waals surface area contributed by atoms with Gasteiger partial charge in [0.2, 0.25) is 0 Å². The maximum atomic E-state index is 13.2. The molecule has 0 radical (unpaired) electrons. The summed E-state index contributed by atoms with van der Waals surface area (Å²) in [5, 5.41) is 15.0. The van der Waals surface area contributed by atoms with Crippen LogP contribution < -0.4 is 10.6 Å². The molecule has 4 nitrogen and oxygen atoms in total. The summed E-state index contributed by atoms with van der Waals surface area (Å²) in [6, 6.07) is 9.03. The summed E-state index contributed by atoms with van der Waals surface area (Å²) in [5.41, 5.74) is -0.258. The third kappa shape index (κ3) is 7.24. The molecule has 0 aliphatic heterocycles. The molecule has 148 valence electrons. The van der Waals surface area contributed by atoms with Crippen molar-refractivity contribution in [1.82, 2.24) is 10.6 Å². The van der Waals surface area contributed by atoms with E-state index in [0.717, 1.165) is 17.7 Å². The minimum absolute atomic E-state index is 0. The van der Waals surface area contributed by atoms with Gasteiger partial charge in [0.15, 0.2) is 5.96 Å². The van der Waals surface area contributed by atoms with Crippen LogP contribution in [0.1, 0.15) is 23.6 Å². The van der Waals surface area contributed by atoms with E-state index >= 15 is 0 Å². The molecule has 0 aromatic heterocycles. The highest BCUT2D eigenvalue weighted by Gasteiger charge is 2.33. The van der Waals surface area contributed by atoms with Crippen LogP contribution in [0.15, 0.2) is 47.5 Å². The number of nitrogens with zero attached hydrogens (tertiary/aromatic N) is 1. The molecule has 0 bridgehead atoms. The normalized spacial score (nSPS) is 11.7. The number of aromatic hydroxyl groups is 1. The van der Waals surface area contributed by atoms with Crippen LogP contribution in [-0.2, 0) is 19.3 Å². The van der Waals surface area contributed by atoms with Gasteiger partial charge < -0.3 is 15.7 Å². The van der Waals surface area contributed by atoms with Gasteiger partial charge in [0.05, 0.1) is 12.1 Å². The number of hydrogen-bond acceptors (Lipinski definition) is 2. The smallest absolute Gasteiger partial charge is 0.416 e. The van der Waals surface area contributed by atoms with Crippen molar-refractivity contribution in [1.29, 1.82) is 0 Å². The minimum atomic E-state index is -4.64. The van der Waals surface area contributed by atoms with Crippen LogP contribution in [0, 0.1) is 5.82 Å². The zero-order valence-electron chi connectivity index (χ0n) is 14.5. The van der Waals surface area contributed by atoms with Crippen LogP contribution in [-0.4, -0.2) is 17.6 Å². The third-order valence-electron chi connectivity index (χ3n) is 3.52. The molecule has 0 atom stereocenters. The lowest BCUT2D eigenvalue weighted by Gasteiger charge is -2.15. The molecule has 0 saturated carbocycles. The predicted octanol–water partition coefficient (Wildman–Crippen LogP) is 4.42. The summed E-state index contributed by atoms with van der Waals surface area (Å²) in [7, 11) is 0. The van der Waals surface area contributed by atoms with Crippen LogP contribution in [0.3, 0.4) is 0 Å². The van der Waals surface area contributed by atoms with Gasteiger partial charge in [0, 0.05) is 13.1 Å². The van der Waals surface area contributed by atoms with Gasteiger partial charge in [-0.1, -0.05) is 18.2 Å². The Labute approximate surface area is 171 Å². The van der Waals surface area contributed by atoms with Gasteiger partial charge >= 0.3 is 6.18 Å². The Hall–Kier alpha value is -2.04. The van der Waals surface area contributed by atoms with Crippen molar-refractivity contribution in [3.05, 3.63) is 65.0 Å². The summed E-state index contributed by atoms with van der Waals surface area (Å²) >= 11 is 0. The van der Waals surface area contributed by atoms with Crippen LogP contribution in [0.2, 0.25) is 0 Å². The molecule has 3 N–H and O–H groups in total. The first kappa shape index (κ1) is 23.0. The van der Waals surface area contributed by atoms with Crippen molar-refractivity contribution in [2.75, 3.05) is 6.54 Å². The van der Waals surface area contributed by atoms with E-state index in [0.29, 0.717) is 18.6 Å². The lowest BCUT2D eigenvalue weighted by Crippen LogP contribution is -2.37. The third-order valence-corrected chi connectivity index (χ3v) is 3.52. The van der Waals surface area contributed by atoms with Gasteiger partial charge in [-0.05, 0) is 42.3 Å². The molecule has 0 saturated heterocycles. The Morgan fingerprint density at radius 1 is 1.07 bits per heavy atom. The summed E-state index contributed by atoms with van der Waals surface area (Å²) in [5.74, 6) is -0.467. The van der Waals surface area contributed by atoms with Crippen molar-refractivity contribution < 1.29 is 22.7 Å². The van der Waals surface area contributed by atoms with E-state index in [2.05, 4.69) is 15.6 Å². The number of nitrogens with one attached hydrogen (secondary N) is 2. The Bertz CT molecular complexity index is 764. The lowest BCUT2D eigenvalue weighted by atomic mass is 10.1. The van der Waals surface area contributed by atoms with Crippen molar-refractivity contribution in [3.63, 3.8) is 0 Å². The number of benzene rings is 2. The number of rotatable bonds is 5. The molecule has 0 fully saturated rings. The van der Waals surface area contributed by atoms with E-state index in [1.807, 2.05) is 6.92 Å². The highest BCUT2D eigenvalue weighted by atomic mass is 127. The maximum absolute atomic E-state index is 13.2. The number of alkyl halides is 3. The topological polar surface area (TPSA) is 56.7 Å². The fraction of sp³-hybridized carbons (Fsp3) is 0.278. The fourth-order valence-electron chi connectivity index (χ4n) is 2.26. The second kappa shape index (κ2) is 10.3. The zero-order chi connectivity index (χ0) is 19.2. The highest BCUT2D eigenvalue weighted by Crippen LogP contribution is 2.32. The second-order valence-electron chi connectivity index (χ2n) is 5.51. The predicted molar refractivity (Wildman–Crippen MR) is 107 cm³/mol. The number of guanidine groups is 1. The number of hydrogen-bond donors (Lipinski definition) is 3. The molecular weight excluding hydrogens is 477 g/mol. The second-order valence-corrected chi connectivity index (χ2v) is 5.51. The molecule has 0 unspecified atom stereocenters. The number of halogens is 5. The molecule has 9 heteroatoms. The monoisotopic (exact) mass is 497 g/mol. The first-order valence-electron chi connectivity index (χ1n) is 7.95. The Balaban J connectivity index is 0.00000364. The molecule has 2 aromatic carbocycles. The van der Waals surface area contributed by atoms with E-state index in [-0.39, 0.29) is 48.4 Å². The molecule has 0 spiro atoms. The SMILES string of the molecule is CCNC(=NCc1ccc(O)cc1)NCc1ccc(F)cc1C(F)(F)F.I. The summed E-state index contributed by atoms with van der Waals surface area (Å²) < 4.78 is 52.3. The Morgan fingerprint density at radius 2 is 1.74 bits per heavy atom. The van der Waals surface area contributed by atoms with E-state index < -0.39 is 17.6 Å². The summed E-state index contributed by atoms with van der Waals surface area (Å²) in [6.45, 7) is 2.48. The number of phenolic OH excluding ortho intramolecular Hbond substituents is 1. The van der Waals surface area contributed by atoms with Crippen molar-refractivity contribution in [3.8, 4) is 5.75 Å². The largest absolute Gasteiger partial charge is 0.508 e. The highest BCUT2D eigenvalue weighted by molar-refractivity contribution is 14.0. The maximum Gasteiger partial charge on any atom is 0.416 e. The van der Waals surface area contributed by atoms with Crippen molar-refractivity contribution in [2.24, 2.45) is 4.99 Å². The molecule has 27 heavy (non-hydrogen) atoms.